The molecule has 82 heavy (non-hydrogen) atoms. The van der Waals surface area contributed by atoms with Gasteiger partial charge in [0.1, 0.15) is 5.82 Å². The Balaban J connectivity index is 0.00000864. The van der Waals surface area contributed by atoms with Crippen molar-refractivity contribution in [2.24, 2.45) is 0 Å². The van der Waals surface area contributed by atoms with Gasteiger partial charge in [-0.1, -0.05) is 202 Å². The summed E-state index contributed by atoms with van der Waals surface area (Å²) in [6, 6.07) is 41.4. The van der Waals surface area contributed by atoms with Crippen LogP contribution < -0.4 is 14.5 Å². The van der Waals surface area contributed by atoms with Gasteiger partial charge in [-0.3, -0.25) is 0 Å². The van der Waals surface area contributed by atoms with E-state index in [1.807, 2.05) is 99.1 Å². The summed E-state index contributed by atoms with van der Waals surface area (Å²) in [6.45, 7) is 23.4. The van der Waals surface area contributed by atoms with E-state index in [0.717, 1.165) is 40.9 Å². The summed E-state index contributed by atoms with van der Waals surface area (Å²) in [4.78, 5) is 8.96. The number of hydrogen-bond acceptors (Lipinski definition) is 4. The zero-order valence-electron chi connectivity index (χ0n) is 60.6. The number of aromatic nitrogens is 2. The summed E-state index contributed by atoms with van der Waals surface area (Å²) in [5.41, 5.74) is 9.73. The standard InChI is InChI=1S/C76H69N4O.Pt/c1-73(2,3)55-43-61(53-28-21-27-52(41-53)50-23-13-11-14-24-50)72(62(44-55)54-35-38-64-66(42-54)76(9,10)40-39-75(64,7)8)79-49-78(68-33-19-20-34-69(68)79)56-29-22-30-57(45-56)81-58-36-37-60-59-31-17-18-32-67(59)80(70(60)46-58)71-47-65(74(4,5)6)63(48-77-71)51-25-15-12-16-26-51;/h11-38,41-44,47-49H,39-40H2,1-10H3;/q-3;/i12D,15D,16D,17D,18D,21D,25D,26D,27D,28D,31D,32D,41D;. The van der Waals surface area contributed by atoms with Crippen molar-refractivity contribution in [1.29, 1.82) is 0 Å². The van der Waals surface area contributed by atoms with Gasteiger partial charge in [-0.15, -0.1) is 48.1 Å². The monoisotopic (exact) mass is 1260 g/mol. The third kappa shape index (κ3) is 9.85. The molecule has 0 unspecified atom stereocenters. The van der Waals surface area contributed by atoms with Crippen LogP contribution in [0.5, 0.6) is 11.5 Å². The molecule has 0 amide bonds. The Bertz CT molecular complexity index is 4980. The summed E-state index contributed by atoms with van der Waals surface area (Å²) in [5.74, 6) is 0.729. The van der Waals surface area contributed by atoms with E-state index in [2.05, 4.69) is 95.8 Å². The van der Waals surface area contributed by atoms with Gasteiger partial charge in [-0.2, -0.15) is 12.1 Å². The molecule has 0 atom stereocenters. The van der Waals surface area contributed by atoms with E-state index < -0.39 is 41.0 Å². The van der Waals surface area contributed by atoms with Crippen LogP contribution in [0, 0.1) is 18.8 Å². The minimum Gasteiger partial charge on any atom is -0.509 e. The third-order valence-electron chi connectivity index (χ3n) is 16.2. The van der Waals surface area contributed by atoms with Crippen molar-refractivity contribution in [3.05, 3.63) is 247 Å². The minimum atomic E-state index is -0.709. The second kappa shape index (κ2) is 20.8. The Morgan fingerprint density at radius 2 is 1.21 bits per heavy atom. The quantitative estimate of drug-likeness (QED) is 0.135. The fraction of sp³-hybridized carbons (Fsp3) is 0.211. The Morgan fingerprint density at radius 1 is 0.549 bits per heavy atom. The first kappa shape index (κ1) is 41.1. The fourth-order valence-electron chi connectivity index (χ4n) is 11.6. The predicted molar refractivity (Wildman–Crippen MR) is 339 cm³/mol. The molecular weight excluding hydrogens is 1180 g/mol. The molecule has 1 aliphatic heterocycles. The van der Waals surface area contributed by atoms with E-state index in [1.54, 1.807) is 28.8 Å². The number of benzene rings is 9. The largest absolute Gasteiger partial charge is 0.509 e. The van der Waals surface area contributed by atoms with Gasteiger partial charge in [0.2, 0.25) is 0 Å². The van der Waals surface area contributed by atoms with Crippen molar-refractivity contribution >= 4 is 44.6 Å². The average molecular weight is 1260 g/mol. The second-order valence-corrected chi connectivity index (χ2v) is 24.6. The summed E-state index contributed by atoms with van der Waals surface area (Å²) < 4.78 is 126. The van der Waals surface area contributed by atoms with Gasteiger partial charge in [0, 0.05) is 78.0 Å². The molecule has 1 aliphatic carbocycles. The number of nitrogens with zero attached hydrogens (tertiary/aromatic N) is 4. The van der Waals surface area contributed by atoms with Gasteiger partial charge in [0.05, 0.1) is 17.8 Å². The smallest absolute Gasteiger partial charge is 0.135 e. The van der Waals surface area contributed by atoms with Crippen LogP contribution in [0.3, 0.4) is 0 Å². The van der Waals surface area contributed by atoms with Crippen molar-refractivity contribution in [3.8, 4) is 61.8 Å². The summed E-state index contributed by atoms with van der Waals surface area (Å²) >= 11 is 0. The molecule has 0 bridgehead atoms. The number of anilines is 4. The number of fused-ring (bicyclic) bond motifs is 5. The third-order valence-corrected chi connectivity index (χ3v) is 16.2. The van der Waals surface area contributed by atoms with Crippen molar-refractivity contribution in [2.75, 3.05) is 9.80 Å². The molecule has 2 aromatic heterocycles. The van der Waals surface area contributed by atoms with E-state index in [1.165, 1.54) is 17.3 Å². The van der Waals surface area contributed by atoms with Crippen LogP contribution >= 0.6 is 0 Å². The maximum Gasteiger partial charge on any atom is 0.135 e. The number of para-hydroxylation sites is 3. The topological polar surface area (TPSA) is 33.5 Å². The van der Waals surface area contributed by atoms with Gasteiger partial charge in [-0.05, 0) is 132 Å². The van der Waals surface area contributed by atoms with Crippen LogP contribution in [-0.2, 0) is 42.7 Å². The van der Waals surface area contributed by atoms with E-state index in [-0.39, 0.29) is 119 Å². The second-order valence-electron chi connectivity index (χ2n) is 24.6. The summed E-state index contributed by atoms with van der Waals surface area (Å²) in [5, 5.41) is 0.656. The van der Waals surface area contributed by atoms with Crippen molar-refractivity contribution in [2.45, 2.75) is 104 Å². The Morgan fingerprint density at radius 3 is 1.95 bits per heavy atom. The number of rotatable bonds is 9. The van der Waals surface area contributed by atoms with Crippen LogP contribution in [0.1, 0.15) is 122 Å². The molecule has 2 aliphatic rings. The van der Waals surface area contributed by atoms with Gasteiger partial charge in [0.25, 0.3) is 0 Å². The molecule has 6 heteroatoms. The van der Waals surface area contributed by atoms with Gasteiger partial charge in [-0.25, -0.2) is 4.98 Å². The molecule has 0 spiro atoms. The first-order chi connectivity index (χ1) is 44.3. The van der Waals surface area contributed by atoms with Crippen LogP contribution in [-0.4, -0.2) is 9.55 Å². The first-order valence-corrected chi connectivity index (χ1v) is 27.6. The Hall–Kier alpha value is -7.98. The van der Waals surface area contributed by atoms with Crippen LogP contribution in [0.15, 0.2) is 206 Å². The minimum absolute atomic E-state index is 0. The van der Waals surface area contributed by atoms with E-state index in [4.69, 9.17) is 19.3 Å². The molecule has 412 valence electrons. The van der Waals surface area contributed by atoms with E-state index >= 15 is 0 Å². The maximum atomic E-state index is 10.1. The van der Waals surface area contributed by atoms with Crippen molar-refractivity contribution in [3.63, 3.8) is 0 Å². The number of ether oxygens (including phenoxy) is 1. The fourth-order valence-corrected chi connectivity index (χ4v) is 11.6. The Labute approximate surface area is 517 Å². The van der Waals surface area contributed by atoms with E-state index in [9.17, 15) is 8.22 Å². The van der Waals surface area contributed by atoms with Crippen LogP contribution in [0.2, 0.25) is 0 Å². The van der Waals surface area contributed by atoms with Crippen molar-refractivity contribution < 1.29 is 43.6 Å². The normalized spacial score (nSPS) is 16.8. The van der Waals surface area contributed by atoms with Crippen LogP contribution in [0.25, 0.3) is 72.1 Å². The molecular formula is C76H69N4OPt-3. The molecule has 11 aromatic rings. The molecule has 0 radical (unpaired) electrons. The molecule has 0 N–H and O–H groups in total. The first-order valence-electron chi connectivity index (χ1n) is 34.1. The Kier molecular flexibility index (Phi) is 10.4. The summed E-state index contributed by atoms with van der Waals surface area (Å²) in [6.07, 6.45) is 3.49. The van der Waals surface area contributed by atoms with Gasteiger partial charge >= 0.3 is 0 Å². The number of pyridine rings is 1. The molecule has 3 heterocycles. The van der Waals surface area contributed by atoms with E-state index in [0.29, 0.717) is 50.3 Å². The van der Waals surface area contributed by atoms with Gasteiger partial charge in [0.15, 0.2) is 0 Å². The molecule has 5 nitrogen and oxygen atoms in total. The predicted octanol–water partition coefficient (Wildman–Crippen LogP) is 20.6. The SMILES string of the molecule is [2H]c1c([2H])c([2H])c(-c2cnc(-n3c4[c-]c(Oc5[c-]c(N6[CH-]N(c7c(-c8ccc9c(c8)C(C)(C)CCC9(C)C)cc(C(C)(C)C)cc7-c7c([2H])c([2H])c([2H])c(-c8ccccc8)c7[2H])c7ccccc76)ccc5)ccc4c4c([2H])c([2H])c([2H])c([2H])c43)cc2C(C)(C)C)c([2H])c1[2H].[Pt]. The zero-order chi connectivity index (χ0) is 67.3. The molecule has 0 saturated heterocycles. The average Bonchev–Trinajstić information content (AvgIpc) is 1.66. The zero-order valence-corrected chi connectivity index (χ0v) is 49.9. The number of hydrogen-bond donors (Lipinski definition) is 0. The molecule has 9 aromatic carbocycles. The van der Waals surface area contributed by atoms with Crippen molar-refractivity contribution in [1.82, 2.24) is 9.55 Å². The summed E-state index contributed by atoms with van der Waals surface area (Å²) in [7, 11) is 0. The van der Waals surface area contributed by atoms with Gasteiger partial charge < -0.3 is 19.1 Å². The van der Waals surface area contributed by atoms with Crippen LogP contribution in [0.4, 0.5) is 22.7 Å². The molecule has 13 rings (SSSR count). The molecule has 0 saturated carbocycles. The molecule has 0 fully saturated rings. The maximum absolute atomic E-state index is 10.1.